The molecule has 0 aliphatic carbocycles. The van der Waals surface area contributed by atoms with E-state index in [0.717, 1.165) is 52.9 Å². The molecule has 0 spiro atoms. The molecule has 0 aliphatic rings. The molecule has 0 radical (unpaired) electrons. The Morgan fingerprint density at radius 3 is 2.39 bits per heavy atom. The van der Waals surface area contributed by atoms with Gasteiger partial charge in [0.1, 0.15) is 0 Å². The third kappa shape index (κ3) is 6.52. The fraction of sp³-hybridized carbons (Fsp3) is 0.231. The van der Waals surface area contributed by atoms with Crippen molar-refractivity contribution in [2.24, 2.45) is 0 Å². The fourth-order valence-corrected chi connectivity index (χ4v) is 4.41. The maximum Gasteiger partial charge on any atom is 0.220 e. The summed E-state index contributed by atoms with van der Waals surface area (Å²) in [5, 5.41) is 12.8. The maximum atomic E-state index is 12.1. The van der Waals surface area contributed by atoms with E-state index in [1.807, 2.05) is 66.7 Å². The van der Waals surface area contributed by atoms with Crippen molar-refractivity contribution in [2.75, 3.05) is 12.3 Å². The van der Waals surface area contributed by atoms with Crippen molar-refractivity contribution >= 4 is 17.7 Å². The summed E-state index contributed by atoms with van der Waals surface area (Å²) in [4.78, 5) is 16.4. The number of pyridine rings is 1. The quantitative estimate of drug-likeness (QED) is 0.255. The number of rotatable bonds is 11. The van der Waals surface area contributed by atoms with Crippen molar-refractivity contribution in [3.8, 4) is 17.1 Å². The minimum Gasteiger partial charge on any atom is -0.356 e. The summed E-state index contributed by atoms with van der Waals surface area (Å²) in [6, 6.07) is 26.1. The lowest BCUT2D eigenvalue weighted by Gasteiger charge is -2.10. The highest BCUT2D eigenvalue weighted by Crippen LogP contribution is 2.28. The summed E-state index contributed by atoms with van der Waals surface area (Å²) >= 11 is 1.67. The van der Waals surface area contributed by atoms with Crippen LogP contribution in [0.15, 0.2) is 90.2 Å². The van der Waals surface area contributed by atoms with Crippen LogP contribution >= 0.6 is 11.8 Å². The molecule has 0 unspecified atom stereocenters. The van der Waals surface area contributed by atoms with Gasteiger partial charge in [-0.05, 0) is 37.1 Å². The predicted molar refractivity (Wildman–Crippen MR) is 132 cm³/mol. The summed E-state index contributed by atoms with van der Waals surface area (Å²) in [6.45, 7) is 0.618. The van der Waals surface area contributed by atoms with Crippen LogP contribution in [0, 0.1) is 0 Å². The van der Waals surface area contributed by atoms with E-state index >= 15 is 0 Å². The molecule has 0 saturated carbocycles. The van der Waals surface area contributed by atoms with Crippen LogP contribution in [0.3, 0.4) is 0 Å². The van der Waals surface area contributed by atoms with Crippen LogP contribution in [-0.2, 0) is 11.2 Å². The number of thioether (sulfide) groups is 1. The third-order valence-corrected chi connectivity index (χ3v) is 6.15. The number of hydrogen-bond acceptors (Lipinski definition) is 5. The van der Waals surface area contributed by atoms with Gasteiger partial charge in [-0.1, -0.05) is 66.4 Å². The van der Waals surface area contributed by atoms with E-state index in [1.165, 1.54) is 0 Å². The van der Waals surface area contributed by atoms with Crippen molar-refractivity contribution in [1.82, 2.24) is 25.1 Å². The Hall–Kier alpha value is -3.45. The van der Waals surface area contributed by atoms with Gasteiger partial charge in [-0.25, -0.2) is 0 Å². The second kappa shape index (κ2) is 12.0. The molecule has 0 bridgehead atoms. The van der Waals surface area contributed by atoms with Gasteiger partial charge in [0.05, 0.1) is 0 Å². The molecule has 1 N–H and O–H groups in total. The van der Waals surface area contributed by atoms with Crippen LogP contribution in [0.4, 0.5) is 0 Å². The molecule has 168 valence electrons. The van der Waals surface area contributed by atoms with E-state index < -0.39 is 0 Å². The first-order valence-corrected chi connectivity index (χ1v) is 12.2. The predicted octanol–water partition coefficient (Wildman–Crippen LogP) is 4.95. The highest BCUT2D eigenvalue weighted by molar-refractivity contribution is 7.99. The average molecular weight is 458 g/mol. The smallest absolute Gasteiger partial charge is 0.220 e. The van der Waals surface area contributed by atoms with E-state index in [0.29, 0.717) is 13.0 Å². The summed E-state index contributed by atoms with van der Waals surface area (Å²) < 4.78 is 2.10. The zero-order valence-corrected chi connectivity index (χ0v) is 19.2. The second-order valence-electron chi connectivity index (χ2n) is 7.57. The molecule has 4 aromatic rings. The number of para-hydroxylation sites is 1. The number of benzene rings is 2. The lowest BCUT2D eigenvalue weighted by Crippen LogP contribution is -2.25. The molecule has 0 aliphatic heterocycles. The van der Waals surface area contributed by atoms with Gasteiger partial charge in [0.15, 0.2) is 11.0 Å². The van der Waals surface area contributed by atoms with Gasteiger partial charge in [-0.3, -0.25) is 14.3 Å². The van der Waals surface area contributed by atoms with E-state index in [-0.39, 0.29) is 5.91 Å². The zero-order chi connectivity index (χ0) is 22.7. The number of hydrogen-bond donors (Lipinski definition) is 1. The first-order valence-electron chi connectivity index (χ1n) is 11.2. The average Bonchev–Trinajstić information content (AvgIpc) is 3.29. The summed E-state index contributed by atoms with van der Waals surface area (Å²) in [5.41, 5.74) is 3.06. The SMILES string of the molecule is O=C(CCCCSc1nnc(-c2ccccc2)n1-c1ccccc1)NCCc1ccccn1. The Balaban J connectivity index is 1.27. The van der Waals surface area contributed by atoms with Gasteiger partial charge in [0.2, 0.25) is 5.91 Å². The van der Waals surface area contributed by atoms with Gasteiger partial charge in [-0.2, -0.15) is 0 Å². The molecule has 2 aromatic heterocycles. The highest BCUT2D eigenvalue weighted by Gasteiger charge is 2.15. The van der Waals surface area contributed by atoms with Crippen LogP contribution in [0.1, 0.15) is 25.0 Å². The minimum atomic E-state index is 0.0924. The highest BCUT2D eigenvalue weighted by atomic mass is 32.2. The van der Waals surface area contributed by atoms with Crippen molar-refractivity contribution < 1.29 is 4.79 Å². The number of amides is 1. The lowest BCUT2D eigenvalue weighted by molar-refractivity contribution is -0.121. The molecule has 4 rings (SSSR count). The first kappa shape index (κ1) is 22.7. The number of carbonyl (C=O) groups is 1. The summed E-state index contributed by atoms with van der Waals surface area (Å²) in [5.74, 6) is 1.80. The monoisotopic (exact) mass is 457 g/mol. The third-order valence-electron chi connectivity index (χ3n) is 5.14. The van der Waals surface area contributed by atoms with E-state index in [4.69, 9.17) is 0 Å². The van der Waals surface area contributed by atoms with Crippen molar-refractivity contribution in [3.05, 3.63) is 90.8 Å². The molecule has 7 heteroatoms. The second-order valence-corrected chi connectivity index (χ2v) is 8.63. The number of nitrogens with zero attached hydrogens (tertiary/aromatic N) is 4. The Morgan fingerprint density at radius 1 is 0.879 bits per heavy atom. The number of unbranched alkanes of at least 4 members (excludes halogenated alkanes) is 1. The molecule has 6 nitrogen and oxygen atoms in total. The van der Waals surface area contributed by atoms with E-state index in [2.05, 4.69) is 37.2 Å². The maximum absolute atomic E-state index is 12.1. The van der Waals surface area contributed by atoms with Crippen LogP contribution in [-0.4, -0.2) is 38.0 Å². The first-order chi connectivity index (χ1) is 16.3. The lowest BCUT2D eigenvalue weighted by atomic mass is 10.2. The molecular formula is C26H27N5OS. The van der Waals surface area contributed by atoms with Crippen LogP contribution in [0.25, 0.3) is 17.1 Å². The normalized spacial score (nSPS) is 10.8. The Labute approximate surface area is 198 Å². The molecule has 33 heavy (non-hydrogen) atoms. The summed E-state index contributed by atoms with van der Waals surface area (Å²) in [6.07, 6.45) is 4.83. The largest absolute Gasteiger partial charge is 0.356 e. The van der Waals surface area contributed by atoms with Crippen molar-refractivity contribution in [1.29, 1.82) is 0 Å². The van der Waals surface area contributed by atoms with E-state index in [1.54, 1.807) is 18.0 Å². The Morgan fingerprint density at radius 2 is 1.64 bits per heavy atom. The Kier molecular flexibility index (Phi) is 8.25. The molecule has 1 amide bonds. The van der Waals surface area contributed by atoms with Crippen LogP contribution in [0.5, 0.6) is 0 Å². The van der Waals surface area contributed by atoms with Crippen LogP contribution in [0.2, 0.25) is 0 Å². The number of carbonyl (C=O) groups excluding carboxylic acids is 1. The molecule has 2 heterocycles. The molecule has 0 fully saturated rings. The molecule has 2 aromatic carbocycles. The topological polar surface area (TPSA) is 72.7 Å². The van der Waals surface area contributed by atoms with Gasteiger partial charge < -0.3 is 5.32 Å². The minimum absolute atomic E-state index is 0.0924. The Bertz CT molecular complexity index is 1130. The molecular weight excluding hydrogens is 430 g/mol. The summed E-state index contributed by atoms with van der Waals surface area (Å²) in [7, 11) is 0. The van der Waals surface area contributed by atoms with Crippen molar-refractivity contribution in [3.63, 3.8) is 0 Å². The van der Waals surface area contributed by atoms with Gasteiger partial charge in [0, 0.05) is 48.3 Å². The van der Waals surface area contributed by atoms with Crippen molar-refractivity contribution in [2.45, 2.75) is 30.8 Å². The standard InChI is InChI=1S/C26H27N5OS/c32-24(28-19-17-22-13-7-9-18-27-22)16-8-10-20-33-26-30-29-25(21-11-3-1-4-12-21)31(26)23-14-5-2-6-15-23/h1-7,9,11-15,18H,8,10,16-17,19-20H2,(H,28,32). The number of aromatic nitrogens is 4. The van der Waals surface area contributed by atoms with Gasteiger partial charge in [-0.15, -0.1) is 10.2 Å². The van der Waals surface area contributed by atoms with Gasteiger partial charge >= 0.3 is 0 Å². The van der Waals surface area contributed by atoms with Gasteiger partial charge in [0.25, 0.3) is 0 Å². The van der Waals surface area contributed by atoms with E-state index in [9.17, 15) is 4.79 Å². The number of nitrogens with one attached hydrogen (secondary N) is 1. The molecule has 0 saturated heterocycles. The van der Waals surface area contributed by atoms with Crippen LogP contribution < -0.4 is 5.32 Å². The zero-order valence-electron chi connectivity index (χ0n) is 18.4. The molecule has 0 atom stereocenters. The fourth-order valence-electron chi connectivity index (χ4n) is 3.46.